The molecule has 0 saturated carbocycles. The summed E-state index contributed by atoms with van der Waals surface area (Å²) in [5, 5.41) is 11.9. The number of aromatic nitrogens is 2. The van der Waals surface area contributed by atoms with E-state index < -0.39 is 0 Å². The van der Waals surface area contributed by atoms with Gasteiger partial charge in [-0.2, -0.15) is 0 Å². The molecule has 134 valence electrons. The quantitative estimate of drug-likeness (QED) is 0.620. The highest BCUT2D eigenvalue weighted by molar-refractivity contribution is 7.99. The Bertz CT molecular complexity index is 932. The van der Waals surface area contributed by atoms with Crippen LogP contribution in [-0.2, 0) is 4.79 Å². The van der Waals surface area contributed by atoms with Crippen LogP contribution < -0.4 is 5.32 Å². The summed E-state index contributed by atoms with van der Waals surface area (Å²) in [6, 6.07) is 11.3. The Hall–Kier alpha value is -2.31. The average Bonchev–Trinajstić information content (AvgIpc) is 3.05. The van der Waals surface area contributed by atoms with Gasteiger partial charge in [-0.05, 0) is 50.1 Å². The second-order valence-corrected chi connectivity index (χ2v) is 7.36. The molecule has 0 spiro atoms. The Morgan fingerprint density at radius 3 is 2.58 bits per heavy atom. The lowest BCUT2D eigenvalue weighted by Gasteiger charge is -2.12. The second-order valence-electron chi connectivity index (χ2n) is 5.99. The molecule has 7 heteroatoms. The highest BCUT2D eigenvalue weighted by Crippen LogP contribution is 2.26. The number of anilines is 1. The van der Waals surface area contributed by atoms with E-state index >= 15 is 0 Å². The summed E-state index contributed by atoms with van der Waals surface area (Å²) in [6.07, 6.45) is 0. The van der Waals surface area contributed by atoms with E-state index in [4.69, 9.17) is 16.0 Å². The van der Waals surface area contributed by atoms with Crippen molar-refractivity contribution >= 4 is 35.0 Å². The highest BCUT2D eigenvalue weighted by Gasteiger charge is 2.13. The minimum atomic E-state index is -0.118. The van der Waals surface area contributed by atoms with Crippen molar-refractivity contribution in [3.05, 3.63) is 58.1 Å². The van der Waals surface area contributed by atoms with Crippen LogP contribution in [-0.4, -0.2) is 21.9 Å². The van der Waals surface area contributed by atoms with Crippen LogP contribution in [0.1, 0.15) is 16.7 Å². The molecule has 1 aromatic heterocycles. The number of nitrogens with zero attached hydrogens (tertiary/aromatic N) is 2. The number of hydrogen-bond donors (Lipinski definition) is 1. The number of carbonyl (C=O) groups is 1. The van der Waals surface area contributed by atoms with Crippen LogP contribution in [0.15, 0.2) is 46.0 Å². The molecule has 3 rings (SSSR count). The molecule has 2 aromatic carbocycles. The first-order chi connectivity index (χ1) is 12.4. The standard InChI is InChI=1S/C19H18ClN3O2S/c1-11-7-12(2)17(13(3)8-11)21-16(24)10-26-19-23-22-18(25-19)14-5-4-6-15(20)9-14/h4-9H,10H2,1-3H3,(H,21,24). The van der Waals surface area contributed by atoms with Gasteiger partial charge in [0.15, 0.2) is 0 Å². The van der Waals surface area contributed by atoms with Crippen molar-refractivity contribution in [3.63, 3.8) is 0 Å². The molecular formula is C19H18ClN3O2S. The number of hydrogen-bond acceptors (Lipinski definition) is 5. The molecule has 0 unspecified atom stereocenters. The monoisotopic (exact) mass is 387 g/mol. The van der Waals surface area contributed by atoms with E-state index in [9.17, 15) is 4.79 Å². The molecule has 5 nitrogen and oxygen atoms in total. The summed E-state index contributed by atoms with van der Waals surface area (Å²) in [7, 11) is 0. The van der Waals surface area contributed by atoms with Gasteiger partial charge in [0.2, 0.25) is 11.8 Å². The van der Waals surface area contributed by atoms with Gasteiger partial charge in [-0.3, -0.25) is 4.79 Å². The molecule has 0 saturated heterocycles. The zero-order valence-electron chi connectivity index (χ0n) is 14.7. The number of rotatable bonds is 5. The van der Waals surface area contributed by atoms with Gasteiger partial charge in [-0.15, -0.1) is 10.2 Å². The normalized spacial score (nSPS) is 10.8. The van der Waals surface area contributed by atoms with Crippen molar-refractivity contribution in [2.24, 2.45) is 0 Å². The molecule has 1 N–H and O–H groups in total. The van der Waals surface area contributed by atoms with E-state index in [1.165, 1.54) is 17.3 Å². The van der Waals surface area contributed by atoms with E-state index in [1.54, 1.807) is 12.1 Å². The third-order valence-corrected chi connectivity index (χ3v) is 4.80. The topological polar surface area (TPSA) is 68.0 Å². The molecule has 0 radical (unpaired) electrons. The van der Waals surface area contributed by atoms with Gasteiger partial charge in [0.25, 0.3) is 5.22 Å². The van der Waals surface area contributed by atoms with Crippen molar-refractivity contribution in [2.75, 3.05) is 11.1 Å². The van der Waals surface area contributed by atoms with Crippen LogP contribution in [0.25, 0.3) is 11.5 Å². The lowest BCUT2D eigenvalue weighted by Crippen LogP contribution is -2.15. The molecule has 3 aromatic rings. The van der Waals surface area contributed by atoms with Crippen molar-refractivity contribution in [3.8, 4) is 11.5 Å². The number of benzene rings is 2. The Morgan fingerprint density at radius 2 is 1.88 bits per heavy atom. The predicted molar refractivity (Wildman–Crippen MR) is 105 cm³/mol. The molecule has 0 aliphatic heterocycles. The number of nitrogens with one attached hydrogen (secondary N) is 1. The SMILES string of the molecule is Cc1cc(C)c(NC(=O)CSc2nnc(-c3cccc(Cl)c3)o2)c(C)c1. The maximum Gasteiger partial charge on any atom is 0.277 e. The largest absolute Gasteiger partial charge is 0.411 e. The van der Waals surface area contributed by atoms with Crippen molar-refractivity contribution in [1.29, 1.82) is 0 Å². The summed E-state index contributed by atoms with van der Waals surface area (Å²) in [5.74, 6) is 0.442. The fourth-order valence-corrected chi connectivity index (χ4v) is 3.44. The van der Waals surface area contributed by atoms with Gasteiger partial charge in [-0.25, -0.2) is 0 Å². The van der Waals surface area contributed by atoms with Crippen LogP contribution in [0.2, 0.25) is 5.02 Å². The Balaban J connectivity index is 1.62. The smallest absolute Gasteiger partial charge is 0.277 e. The number of halogens is 1. The molecule has 0 aliphatic carbocycles. The van der Waals surface area contributed by atoms with Crippen LogP contribution in [0.5, 0.6) is 0 Å². The molecule has 1 heterocycles. The Morgan fingerprint density at radius 1 is 1.15 bits per heavy atom. The first-order valence-electron chi connectivity index (χ1n) is 8.02. The second kappa shape index (κ2) is 7.93. The van der Waals surface area contributed by atoms with Crippen LogP contribution >= 0.6 is 23.4 Å². The van der Waals surface area contributed by atoms with E-state index in [-0.39, 0.29) is 11.7 Å². The first-order valence-corrected chi connectivity index (χ1v) is 9.38. The van der Waals surface area contributed by atoms with Crippen LogP contribution in [0, 0.1) is 20.8 Å². The summed E-state index contributed by atoms with van der Waals surface area (Å²) < 4.78 is 5.59. The maximum atomic E-state index is 12.3. The minimum Gasteiger partial charge on any atom is -0.411 e. The fraction of sp³-hybridized carbons (Fsp3) is 0.211. The molecule has 0 atom stereocenters. The zero-order valence-corrected chi connectivity index (χ0v) is 16.2. The number of carbonyl (C=O) groups excluding carboxylic acids is 1. The van der Waals surface area contributed by atoms with E-state index in [1.807, 2.05) is 45.0 Å². The summed E-state index contributed by atoms with van der Waals surface area (Å²) in [6.45, 7) is 6.00. The lowest BCUT2D eigenvalue weighted by atomic mass is 10.1. The molecular weight excluding hydrogens is 370 g/mol. The van der Waals surface area contributed by atoms with Gasteiger partial charge in [0.1, 0.15) is 0 Å². The van der Waals surface area contributed by atoms with Crippen molar-refractivity contribution < 1.29 is 9.21 Å². The fourth-order valence-electron chi connectivity index (χ4n) is 2.69. The number of amides is 1. The van der Waals surface area contributed by atoms with Crippen molar-refractivity contribution in [1.82, 2.24) is 10.2 Å². The van der Waals surface area contributed by atoms with E-state index in [2.05, 4.69) is 15.5 Å². The minimum absolute atomic E-state index is 0.118. The van der Waals surface area contributed by atoms with E-state index in [0.29, 0.717) is 16.1 Å². The van der Waals surface area contributed by atoms with Crippen LogP contribution in [0.3, 0.4) is 0 Å². The Kier molecular flexibility index (Phi) is 5.64. The molecule has 0 bridgehead atoms. The number of thioether (sulfide) groups is 1. The molecule has 1 amide bonds. The third-order valence-electron chi connectivity index (χ3n) is 3.75. The summed E-state index contributed by atoms with van der Waals surface area (Å²) in [4.78, 5) is 12.3. The van der Waals surface area contributed by atoms with E-state index in [0.717, 1.165) is 22.4 Å². The van der Waals surface area contributed by atoms with Crippen LogP contribution in [0.4, 0.5) is 5.69 Å². The third kappa shape index (κ3) is 4.45. The first kappa shape index (κ1) is 18.5. The summed E-state index contributed by atoms with van der Waals surface area (Å²) >= 11 is 7.17. The average molecular weight is 388 g/mol. The van der Waals surface area contributed by atoms with Gasteiger partial charge < -0.3 is 9.73 Å². The zero-order chi connectivity index (χ0) is 18.7. The van der Waals surface area contributed by atoms with Crippen molar-refractivity contribution in [2.45, 2.75) is 26.0 Å². The molecule has 0 fully saturated rings. The number of aryl methyl sites for hydroxylation is 3. The van der Waals surface area contributed by atoms with Gasteiger partial charge in [0, 0.05) is 16.3 Å². The maximum absolute atomic E-state index is 12.3. The highest BCUT2D eigenvalue weighted by atomic mass is 35.5. The predicted octanol–water partition coefficient (Wildman–Crippen LogP) is 5.05. The molecule has 0 aliphatic rings. The Labute approximate surface area is 161 Å². The van der Waals surface area contributed by atoms with Gasteiger partial charge >= 0.3 is 0 Å². The molecule has 26 heavy (non-hydrogen) atoms. The van der Waals surface area contributed by atoms with Gasteiger partial charge in [-0.1, -0.05) is 47.1 Å². The summed E-state index contributed by atoms with van der Waals surface area (Å²) in [5.41, 5.74) is 4.86. The van der Waals surface area contributed by atoms with Gasteiger partial charge in [0.05, 0.1) is 5.75 Å². The lowest BCUT2D eigenvalue weighted by molar-refractivity contribution is -0.113.